The summed E-state index contributed by atoms with van der Waals surface area (Å²) in [5, 5.41) is 7.11. The Morgan fingerprint density at radius 1 is 1.10 bits per heavy atom. The predicted molar refractivity (Wildman–Crippen MR) is 110 cm³/mol. The van der Waals surface area contributed by atoms with Gasteiger partial charge in [-0.15, -0.1) is 0 Å². The molecule has 0 spiro atoms. The van der Waals surface area contributed by atoms with E-state index in [4.69, 9.17) is 4.74 Å². The van der Waals surface area contributed by atoms with Crippen molar-refractivity contribution < 1.29 is 14.3 Å². The predicted octanol–water partition coefficient (Wildman–Crippen LogP) is 3.07. The zero-order valence-corrected chi connectivity index (χ0v) is 16.3. The van der Waals surface area contributed by atoms with Gasteiger partial charge in [0.15, 0.2) is 5.82 Å². The second-order valence-corrected chi connectivity index (χ2v) is 6.99. The van der Waals surface area contributed by atoms with Crippen molar-refractivity contribution in [1.29, 1.82) is 0 Å². The van der Waals surface area contributed by atoms with Crippen molar-refractivity contribution in [2.45, 2.75) is 26.0 Å². The normalized spacial score (nSPS) is 18.1. The van der Waals surface area contributed by atoms with E-state index in [0.717, 1.165) is 5.56 Å². The minimum atomic E-state index is -1.67. The summed E-state index contributed by atoms with van der Waals surface area (Å²) in [6.07, 6.45) is 1.78. The Balaban J connectivity index is 1.53. The lowest BCUT2D eigenvalue weighted by atomic mass is 10.00. The Hall–Kier alpha value is -3.61. The summed E-state index contributed by atoms with van der Waals surface area (Å²) in [5.74, 6) is -0.0907. The van der Waals surface area contributed by atoms with Crippen molar-refractivity contribution in [2.75, 3.05) is 16.8 Å². The smallest absolute Gasteiger partial charge is 0.280 e. The fraction of sp³-hybridized carbons (Fsp3) is 0.227. The molecule has 2 amide bonds. The van der Waals surface area contributed by atoms with Crippen LogP contribution < -0.4 is 15.0 Å². The van der Waals surface area contributed by atoms with Crippen molar-refractivity contribution in [3.05, 3.63) is 72.4 Å². The average molecular weight is 390 g/mol. The Kier molecular flexibility index (Phi) is 4.80. The summed E-state index contributed by atoms with van der Waals surface area (Å²) in [6, 6.07) is 18.8. The number of hydrogen-bond donors (Lipinski definition) is 1. The summed E-state index contributed by atoms with van der Waals surface area (Å²) in [7, 11) is 0. The van der Waals surface area contributed by atoms with Gasteiger partial charge in [0.1, 0.15) is 5.75 Å². The van der Waals surface area contributed by atoms with E-state index in [9.17, 15) is 9.59 Å². The summed E-state index contributed by atoms with van der Waals surface area (Å²) >= 11 is 0. The second-order valence-electron chi connectivity index (χ2n) is 6.99. The first-order valence-corrected chi connectivity index (χ1v) is 9.50. The molecule has 1 aliphatic heterocycles. The van der Waals surface area contributed by atoms with E-state index in [2.05, 4.69) is 10.4 Å². The van der Waals surface area contributed by atoms with Crippen molar-refractivity contribution in [3.63, 3.8) is 0 Å². The number of benzene rings is 2. The summed E-state index contributed by atoms with van der Waals surface area (Å²) in [4.78, 5) is 27.6. The molecule has 29 heavy (non-hydrogen) atoms. The Labute approximate surface area is 168 Å². The van der Waals surface area contributed by atoms with E-state index >= 15 is 0 Å². The molecule has 3 aromatic rings. The number of ether oxygens (including phenoxy) is 1. The number of fused-ring (bicyclic) bond motifs is 1. The molecular formula is C22H22N4O3. The Morgan fingerprint density at radius 2 is 1.83 bits per heavy atom. The van der Waals surface area contributed by atoms with Crippen LogP contribution in [0.2, 0.25) is 0 Å². The van der Waals surface area contributed by atoms with Crippen LogP contribution in [0, 0.1) is 0 Å². The number of nitrogens with one attached hydrogen (secondary N) is 1. The van der Waals surface area contributed by atoms with Crippen LogP contribution in [0.4, 0.5) is 11.5 Å². The van der Waals surface area contributed by atoms with Crippen molar-refractivity contribution in [1.82, 2.24) is 9.78 Å². The van der Waals surface area contributed by atoms with E-state index < -0.39 is 17.4 Å². The van der Waals surface area contributed by atoms with Crippen molar-refractivity contribution in [2.24, 2.45) is 0 Å². The van der Waals surface area contributed by atoms with Gasteiger partial charge >= 0.3 is 0 Å². The van der Waals surface area contributed by atoms with E-state index in [1.54, 1.807) is 34.0 Å². The molecule has 148 valence electrons. The molecule has 4 rings (SSSR count). The molecule has 0 saturated heterocycles. The van der Waals surface area contributed by atoms with E-state index in [0.29, 0.717) is 30.3 Å². The van der Waals surface area contributed by atoms with Gasteiger partial charge in [0.2, 0.25) is 0 Å². The quantitative estimate of drug-likeness (QED) is 0.680. The minimum absolute atomic E-state index is 0.366. The summed E-state index contributed by atoms with van der Waals surface area (Å²) in [5.41, 5.74) is 0.0898. The van der Waals surface area contributed by atoms with Crippen molar-refractivity contribution in [3.8, 4) is 5.75 Å². The zero-order chi connectivity index (χ0) is 20.4. The number of likely N-dealkylation sites (N-methyl/N-ethyl adjacent to an activating group) is 1. The third-order valence-electron chi connectivity index (χ3n) is 4.94. The van der Waals surface area contributed by atoms with Crippen LogP contribution in [0.3, 0.4) is 0 Å². The van der Waals surface area contributed by atoms with Gasteiger partial charge in [-0.25, -0.2) is 0 Å². The van der Waals surface area contributed by atoms with E-state index in [1.807, 2.05) is 49.4 Å². The van der Waals surface area contributed by atoms with Gasteiger partial charge in [-0.1, -0.05) is 42.5 Å². The van der Waals surface area contributed by atoms with E-state index in [1.165, 1.54) is 6.92 Å². The number of carbonyl (C=O) groups excluding carboxylic acids is 2. The largest absolute Gasteiger partial charge is 0.465 e. The van der Waals surface area contributed by atoms with Crippen molar-refractivity contribution >= 4 is 23.3 Å². The molecule has 1 unspecified atom stereocenters. The van der Waals surface area contributed by atoms with Crippen LogP contribution in [-0.2, 0) is 16.1 Å². The maximum Gasteiger partial charge on any atom is 0.280 e. The first-order chi connectivity index (χ1) is 14.0. The minimum Gasteiger partial charge on any atom is -0.465 e. The molecule has 0 aliphatic carbocycles. The van der Waals surface area contributed by atoms with Gasteiger partial charge < -0.3 is 15.0 Å². The Morgan fingerprint density at radius 3 is 2.59 bits per heavy atom. The van der Waals surface area contributed by atoms with Crippen LogP contribution in [0.25, 0.3) is 0 Å². The summed E-state index contributed by atoms with van der Waals surface area (Å²) in [6.45, 7) is 4.38. The number of para-hydroxylation sites is 2. The number of aromatic nitrogens is 2. The monoisotopic (exact) mass is 390 g/mol. The number of rotatable bonds is 5. The highest BCUT2D eigenvalue weighted by molar-refractivity contribution is 6.19. The first-order valence-electron chi connectivity index (χ1n) is 9.50. The number of amides is 2. The number of hydrogen-bond acceptors (Lipinski definition) is 4. The van der Waals surface area contributed by atoms with Gasteiger partial charge in [0.05, 0.1) is 12.2 Å². The molecular weight excluding hydrogens is 368 g/mol. The van der Waals surface area contributed by atoms with Crippen LogP contribution in [0.1, 0.15) is 19.4 Å². The fourth-order valence-electron chi connectivity index (χ4n) is 3.38. The number of nitrogens with zero attached hydrogens (tertiary/aromatic N) is 3. The maximum atomic E-state index is 13.0. The number of carbonyl (C=O) groups is 2. The van der Waals surface area contributed by atoms with Gasteiger partial charge in [-0.05, 0) is 31.5 Å². The molecule has 1 atom stereocenters. The van der Waals surface area contributed by atoms with Gasteiger partial charge in [-0.3, -0.25) is 14.3 Å². The fourth-order valence-corrected chi connectivity index (χ4v) is 3.38. The molecule has 2 heterocycles. The molecule has 0 saturated carbocycles. The van der Waals surface area contributed by atoms with Gasteiger partial charge in [-0.2, -0.15) is 5.10 Å². The molecule has 7 heteroatoms. The highest BCUT2D eigenvalue weighted by Gasteiger charge is 2.50. The molecule has 1 aliphatic rings. The second kappa shape index (κ2) is 7.43. The van der Waals surface area contributed by atoms with Gasteiger partial charge in [0.25, 0.3) is 17.4 Å². The third kappa shape index (κ3) is 3.47. The first kappa shape index (κ1) is 18.7. The maximum absolute atomic E-state index is 13.0. The SMILES string of the molecule is CCN1C(=O)C(C)(C(=O)Nc2ccn(Cc3ccccc3)n2)Oc2ccccc21. The Bertz CT molecular complexity index is 1050. The van der Waals surface area contributed by atoms with E-state index in [-0.39, 0.29) is 0 Å². The van der Waals surface area contributed by atoms with Crippen LogP contribution >= 0.6 is 0 Å². The van der Waals surface area contributed by atoms with Crippen LogP contribution in [0.15, 0.2) is 66.9 Å². The lowest BCUT2D eigenvalue weighted by molar-refractivity contribution is -0.145. The van der Waals surface area contributed by atoms with Crippen LogP contribution in [0.5, 0.6) is 5.75 Å². The zero-order valence-electron chi connectivity index (χ0n) is 16.3. The average Bonchev–Trinajstić information content (AvgIpc) is 3.16. The van der Waals surface area contributed by atoms with Gasteiger partial charge in [0, 0.05) is 18.8 Å². The standard InChI is InChI=1S/C22H22N4O3/c1-3-26-17-11-7-8-12-18(17)29-22(2,21(26)28)20(27)23-19-13-14-25(24-19)15-16-9-5-4-6-10-16/h4-14H,3,15H2,1-2H3,(H,23,24,27). The molecule has 1 N–H and O–H groups in total. The lowest BCUT2D eigenvalue weighted by Crippen LogP contribution is -2.60. The lowest BCUT2D eigenvalue weighted by Gasteiger charge is -2.38. The molecule has 1 aromatic heterocycles. The molecule has 0 fully saturated rings. The number of anilines is 2. The molecule has 0 radical (unpaired) electrons. The van der Waals surface area contributed by atoms with Crippen LogP contribution in [-0.4, -0.2) is 33.7 Å². The highest BCUT2D eigenvalue weighted by atomic mass is 16.5. The molecule has 2 aromatic carbocycles. The molecule has 7 nitrogen and oxygen atoms in total. The topological polar surface area (TPSA) is 76.5 Å². The summed E-state index contributed by atoms with van der Waals surface area (Å²) < 4.78 is 7.59. The third-order valence-corrected chi connectivity index (χ3v) is 4.94. The highest BCUT2D eigenvalue weighted by Crippen LogP contribution is 2.37. The molecule has 0 bridgehead atoms.